The molecule has 0 unspecified atom stereocenters. The summed E-state index contributed by atoms with van der Waals surface area (Å²) in [7, 11) is 1.71. The Bertz CT molecular complexity index is 1020. The van der Waals surface area contributed by atoms with Crippen molar-refractivity contribution in [3.63, 3.8) is 0 Å². The van der Waals surface area contributed by atoms with E-state index < -0.39 is 35.1 Å². The molecule has 0 aliphatic carbocycles. The van der Waals surface area contributed by atoms with Crippen molar-refractivity contribution in [3.05, 3.63) is 62.4 Å². The molecule has 5 N–H and O–H groups in total. The molecule has 11 nitrogen and oxygen atoms in total. The zero-order chi connectivity index (χ0) is 21.6. The molecule has 30 heavy (non-hydrogen) atoms. The van der Waals surface area contributed by atoms with E-state index >= 15 is 0 Å². The molecular weight excluding hydrogens is 522 g/mol. The molecule has 1 aromatic carbocycles. The third-order valence-corrected chi connectivity index (χ3v) is 4.12. The second-order valence-electron chi connectivity index (χ2n) is 6.30. The zero-order valence-electron chi connectivity index (χ0n) is 16.2. The van der Waals surface area contributed by atoms with E-state index in [0.29, 0.717) is 11.3 Å². The normalized spacial score (nSPS) is 11.1. The van der Waals surface area contributed by atoms with E-state index in [9.17, 15) is 24.0 Å². The van der Waals surface area contributed by atoms with Gasteiger partial charge in [-0.05, 0) is 30.7 Å². The number of anilines is 1. The maximum absolute atomic E-state index is 12.2. The predicted octanol–water partition coefficient (Wildman–Crippen LogP) is -0.633. The van der Waals surface area contributed by atoms with Gasteiger partial charge >= 0.3 is 17.6 Å². The van der Waals surface area contributed by atoms with Gasteiger partial charge in [-0.1, -0.05) is 0 Å². The number of benzene rings is 1. The molecular formula is C18H20BaN4O7. The van der Waals surface area contributed by atoms with Crippen molar-refractivity contribution in [3.8, 4) is 0 Å². The zero-order valence-corrected chi connectivity index (χ0v) is 20.6. The van der Waals surface area contributed by atoms with Crippen LogP contribution in [-0.2, 0) is 16.1 Å². The van der Waals surface area contributed by atoms with Crippen molar-refractivity contribution in [1.82, 2.24) is 15.3 Å². The Kier molecular flexibility index (Phi) is 10.1. The van der Waals surface area contributed by atoms with Gasteiger partial charge in [-0.25, -0.2) is 9.59 Å². The summed E-state index contributed by atoms with van der Waals surface area (Å²) in [5.41, 5.74) is 0.118. The Labute approximate surface area is 210 Å². The third-order valence-electron chi connectivity index (χ3n) is 4.12. The molecule has 0 fully saturated rings. The summed E-state index contributed by atoms with van der Waals surface area (Å²) in [5.74, 6) is -3.12. The Balaban J connectivity index is 0.00000450. The summed E-state index contributed by atoms with van der Waals surface area (Å²) >= 11 is 0. The van der Waals surface area contributed by atoms with Crippen LogP contribution in [0.25, 0.3) is 0 Å². The van der Waals surface area contributed by atoms with Crippen LogP contribution < -0.4 is 21.5 Å². The minimum absolute atomic E-state index is 0. The summed E-state index contributed by atoms with van der Waals surface area (Å²) in [6.45, 7) is 0.202. The molecule has 1 amide bonds. The second-order valence-corrected chi connectivity index (χ2v) is 6.30. The molecule has 0 spiro atoms. The molecule has 2 rings (SSSR count). The van der Waals surface area contributed by atoms with Crippen molar-refractivity contribution in [2.45, 2.75) is 25.4 Å². The van der Waals surface area contributed by atoms with E-state index in [2.05, 4.69) is 15.3 Å². The SMILES string of the molecule is CN(Cc1c[nH]c(=O)[nH]c1=O)c1ccc(C(=O)N[C@@H](CCC(=O)O)C(=O)O)cc1.[Ba]. The average Bonchev–Trinajstić information content (AvgIpc) is 2.66. The fourth-order valence-corrected chi connectivity index (χ4v) is 2.54. The standard InChI is InChI=1S/C18H20N4O7.Ba/c1-22(9-11-8-19-18(29)21-16(11)26)12-4-2-10(3-5-12)15(25)20-13(17(27)28)6-7-14(23)24;/h2-5,8,13H,6-7,9H2,1H3,(H,20,25)(H,23,24)(H,27,28)(H2,19,21,26,29);/t13-;/m0./s1. The number of carbonyl (C=O) groups excluding carboxylic acids is 1. The van der Waals surface area contributed by atoms with E-state index in [0.717, 1.165) is 0 Å². The van der Waals surface area contributed by atoms with Crippen LogP contribution in [0, 0.1) is 0 Å². The minimum Gasteiger partial charge on any atom is -0.481 e. The van der Waals surface area contributed by atoms with E-state index in [-0.39, 0.29) is 73.8 Å². The molecule has 1 heterocycles. The third kappa shape index (κ3) is 7.50. The molecule has 12 heteroatoms. The summed E-state index contributed by atoms with van der Waals surface area (Å²) in [6, 6.07) is 4.87. The van der Waals surface area contributed by atoms with Crippen LogP contribution in [0.2, 0.25) is 0 Å². The van der Waals surface area contributed by atoms with Crippen LogP contribution in [0.5, 0.6) is 0 Å². The summed E-state index contributed by atoms with van der Waals surface area (Å²) in [5, 5.41) is 20.1. The van der Waals surface area contributed by atoms with Gasteiger partial charge in [0.25, 0.3) is 11.5 Å². The fraction of sp³-hybridized carbons (Fsp3) is 0.278. The van der Waals surface area contributed by atoms with Crippen molar-refractivity contribution in [2.75, 3.05) is 11.9 Å². The maximum Gasteiger partial charge on any atom is 0.326 e. The van der Waals surface area contributed by atoms with Gasteiger partial charge in [0, 0.05) is 86.3 Å². The van der Waals surface area contributed by atoms with Crippen molar-refractivity contribution >= 4 is 72.4 Å². The van der Waals surface area contributed by atoms with Gasteiger partial charge in [0.1, 0.15) is 6.04 Å². The van der Waals surface area contributed by atoms with Crippen LogP contribution in [0.4, 0.5) is 5.69 Å². The molecule has 0 aliphatic rings. The van der Waals surface area contributed by atoms with E-state index in [1.807, 2.05) is 0 Å². The number of amides is 1. The second kappa shape index (κ2) is 11.8. The number of hydrogen-bond acceptors (Lipinski definition) is 6. The van der Waals surface area contributed by atoms with E-state index in [4.69, 9.17) is 10.2 Å². The summed E-state index contributed by atoms with van der Waals surface area (Å²) < 4.78 is 0. The number of nitrogens with zero attached hydrogens (tertiary/aromatic N) is 1. The topological polar surface area (TPSA) is 173 Å². The Morgan fingerprint density at radius 3 is 2.30 bits per heavy atom. The van der Waals surface area contributed by atoms with Gasteiger partial charge in [-0.2, -0.15) is 0 Å². The van der Waals surface area contributed by atoms with E-state index in [1.54, 1.807) is 24.1 Å². The first-order chi connectivity index (χ1) is 13.7. The van der Waals surface area contributed by atoms with Gasteiger partial charge in [-0.3, -0.25) is 19.4 Å². The molecule has 0 saturated heterocycles. The number of aliphatic carboxylic acids is 2. The molecule has 0 aliphatic heterocycles. The quantitative estimate of drug-likeness (QED) is 0.261. The molecule has 0 bridgehead atoms. The average molecular weight is 542 g/mol. The number of carboxylic acids is 2. The Hall–Kier alpha value is -2.32. The van der Waals surface area contributed by atoms with Gasteiger partial charge in [-0.15, -0.1) is 0 Å². The van der Waals surface area contributed by atoms with Crippen molar-refractivity contribution in [1.29, 1.82) is 0 Å². The number of carboxylic acid groups (broad SMARTS) is 2. The van der Waals surface area contributed by atoms with Gasteiger partial charge < -0.3 is 25.4 Å². The Morgan fingerprint density at radius 2 is 1.77 bits per heavy atom. The first-order valence-electron chi connectivity index (χ1n) is 8.55. The van der Waals surface area contributed by atoms with Crippen molar-refractivity contribution in [2.24, 2.45) is 0 Å². The van der Waals surface area contributed by atoms with Gasteiger partial charge in [0.15, 0.2) is 0 Å². The number of aromatic nitrogens is 2. The fourth-order valence-electron chi connectivity index (χ4n) is 2.54. The first kappa shape index (κ1) is 25.7. The summed E-state index contributed by atoms with van der Waals surface area (Å²) in [6.07, 6.45) is 0.707. The molecule has 1 aromatic heterocycles. The number of hydrogen-bond donors (Lipinski definition) is 5. The van der Waals surface area contributed by atoms with Crippen LogP contribution in [0.15, 0.2) is 40.1 Å². The van der Waals surface area contributed by atoms with Crippen LogP contribution in [-0.4, -0.2) is 100.0 Å². The number of carbonyl (C=O) groups is 3. The Morgan fingerprint density at radius 1 is 1.13 bits per heavy atom. The van der Waals surface area contributed by atoms with Crippen LogP contribution in [0.1, 0.15) is 28.8 Å². The minimum atomic E-state index is -1.32. The number of nitrogens with one attached hydrogen (secondary N) is 3. The van der Waals surface area contributed by atoms with Gasteiger partial charge in [0.2, 0.25) is 0 Å². The number of rotatable bonds is 9. The first-order valence-corrected chi connectivity index (χ1v) is 8.55. The van der Waals surface area contributed by atoms with E-state index in [1.165, 1.54) is 18.3 Å². The van der Waals surface area contributed by atoms with Gasteiger partial charge in [0.05, 0.1) is 5.56 Å². The molecule has 156 valence electrons. The smallest absolute Gasteiger partial charge is 0.326 e. The summed E-state index contributed by atoms with van der Waals surface area (Å²) in [4.78, 5) is 63.1. The molecule has 1 atom stereocenters. The molecule has 2 radical (unpaired) electrons. The largest absolute Gasteiger partial charge is 0.481 e. The number of aromatic amines is 2. The predicted molar refractivity (Wildman–Crippen MR) is 108 cm³/mol. The van der Waals surface area contributed by atoms with Crippen LogP contribution in [0.3, 0.4) is 0 Å². The number of H-pyrrole nitrogens is 2. The van der Waals surface area contributed by atoms with Crippen molar-refractivity contribution < 1.29 is 24.6 Å². The van der Waals surface area contributed by atoms with Crippen LogP contribution >= 0.6 is 0 Å². The monoisotopic (exact) mass is 542 g/mol. The maximum atomic E-state index is 12.2. The molecule has 2 aromatic rings. The molecule has 0 saturated carbocycles.